The first-order chi connectivity index (χ1) is 9.10. The van der Waals surface area contributed by atoms with Crippen molar-refractivity contribution in [2.45, 2.75) is 20.3 Å². The van der Waals surface area contributed by atoms with E-state index in [1.54, 1.807) is 30.4 Å². The van der Waals surface area contributed by atoms with E-state index < -0.39 is 0 Å². The monoisotopic (exact) mass is 260 g/mol. The molecule has 0 spiro atoms. The predicted octanol–water partition coefficient (Wildman–Crippen LogP) is 2.14. The van der Waals surface area contributed by atoms with Crippen LogP contribution >= 0.6 is 0 Å². The van der Waals surface area contributed by atoms with Crippen molar-refractivity contribution in [2.24, 2.45) is 5.92 Å². The molecular weight excluding hydrogens is 240 g/mol. The molecule has 102 valence electrons. The number of aromatic nitrogens is 1. The van der Waals surface area contributed by atoms with Crippen LogP contribution in [-0.4, -0.2) is 35.9 Å². The van der Waals surface area contributed by atoms with Crippen LogP contribution in [0.2, 0.25) is 0 Å². The van der Waals surface area contributed by atoms with Crippen molar-refractivity contribution >= 4 is 11.6 Å². The van der Waals surface area contributed by atoms with Gasteiger partial charge in [-0.05, 0) is 12.0 Å². The van der Waals surface area contributed by atoms with Crippen LogP contribution in [0.5, 0.6) is 0 Å². The molecule has 0 aliphatic heterocycles. The van der Waals surface area contributed by atoms with E-state index in [0.717, 1.165) is 0 Å². The summed E-state index contributed by atoms with van der Waals surface area (Å²) in [4.78, 5) is 18.2. The zero-order valence-corrected chi connectivity index (χ0v) is 11.7. The van der Waals surface area contributed by atoms with Gasteiger partial charge in [-0.2, -0.15) is 5.26 Å². The van der Waals surface area contributed by atoms with E-state index in [0.29, 0.717) is 36.7 Å². The topological polar surface area (TPSA) is 69.0 Å². The van der Waals surface area contributed by atoms with Gasteiger partial charge in [-0.15, -0.1) is 0 Å². The minimum absolute atomic E-state index is 0.0595. The van der Waals surface area contributed by atoms with Gasteiger partial charge in [0.05, 0.1) is 29.9 Å². The second kappa shape index (κ2) is 7.37. The van der Waals surface area contributed by atoms with Crippen LogP contribution in [0.4, 0.5) is 5.69 Å². The average Bonchev–Trinajstić information content (AvgIpc) is 2.42. The summed E-state index contributed by atoms with van der Waals surface area (Å²) in [6.07, 6.45) is 3.58. The SMILES string of the molecule is CNc1cnccc1C(=O)N(CCC#N)CC(C)C. The molecule has 5 heteroatoms. The summed E-state index contributed by atoms with van der Waals surface area (Å²) < 4.78 is 0. The minimum Gasteiger partial charge on any atom is -0.386 e. The van der Waals surface area contributed by atoms with E-state index in [9.17, 15) is 4.79 Å². The third-order valence-corrected chi connectivity index (χ3v) is 2.69. The molecule has 0 saturated carbocycles. The molecule has 0 saturated heterocycles. The van der Waals surface area contributed by atoms with Gasteiger partial charge >= 0.3 is 0 Å². The second-order valence-electron chi connectivity index (χ2n) is 4.72. The van der Waals surface area contributed by atoms with Crippen molar-refractivity contribution in [1.82, 2.24) is 9.88 Å². The largest absolute Gasteiger partial charge is 0.386 e. The molecule has 0 aliphatic rings. The van der Waals surface area contributed by atoms with Gasteiger partial charge < -0.3 is 10.2 Å². The van der Waals surface area contributed by atoms with Crippen molar-refractivity contribution in [3.63, 3.8) is 0 Å². The highest BCUT2D eigenvalue weighted by atomic mass is 16.2. The van der Waals surface area contributed by atoms with Gasteiger partial charge in [0, 0.05) is 26.3 Å². The molecule has 1 rings (SSSR count). The first kappa shape index (κ1) is 15.0. The Hall–Kier alpha value is -2.09. The lowest BCUT2D eigenvalue weighted by Gasteiger charge is -2.24. The molecule has 0 bridgehead atoms. The molecule has 1 aromatic rings. The maximum absolute atomic E-state index is 12.5. The summed E-state index contributed by atoms with van der Waals surface area (Å²) in [6, 6.07) is 3.79. The summed E-state index contributed by atoms with van der Waals surface area (Å²) in [7, 11) is 1.76. The Morgan fingerprint density at radius 2 is 2.32 bits per heavy atom. The Labute approximate surface area is 114 Å². The molecular formula is C14H20N4O. The van der Waals surface area contributed by atoms with Crippen LogP contribution in [0.3, 0.4) is 0 Å². The van der Waals surface area contributed by atoms with Crippen LogP contribution in [0.1, 0.15) is 30.6 Å². The summed E-state index contributed by atoms with van der Waals surface area (Å²) in [5.41, 5.74) is 1.30. The maximum atomic E-state index is 12.5. The predicted molar refractivity (Wildman–Crippen MR) is 74.8 cm³/mol. The third-order valence-electron chi connectivity index (χ3n) is 2.69. The fourth-order valence-electron chi connectivity index (χ4n) is 1.85. The van der Waals surface area contributed by atoms with Crippen molar-refractivity contribution in [3.8, 4) is 6.07 Å². The molecule has 0 atom stereocenters. The fraction of sp³-hybridized carbons (Fsp3) is 0.500. The summed E-state index contributed by atoms with van der Waals surface area (Å²) in [5.74, 6) is 0.304. The summed E-state index contributed by atoms with van der Waals surface area (Å²) in [6.45, 7) is 5.21. The van der Waals surface area contributed by atoms with E-state index in [4.69, 9.17) is 5.26 Å². The van der Waals surface area contributed by atoms with Gasteiger partial charge in [-0.25, -0.2) is 0 Å². The number of nitrogens with zero attached hydrogens (tertiary/aromatic N) is 3. The Kier molecular flexibility index (Phi) is 5.80. The average molecular weight is 260 g/mol. The quantitative estimate of drug-likeness (QED) is 0.850. The van der Waals surface area contributed by atoms with Gasteiger partial charge in [0.1, 0.15) is 0 Å². The molecule has 1 heterocycles. The molecule has 1 amide bonds. The van der Waals surface area contributed by atoms with E-state index in [-0.39, 0.29) is 5.91 Å². The zero-order valence-electron chi connectivity index (χ0n) is 11.7. The number of nitrogens with one attached hydrogen (secondary N) is 1. The van der Waals surface area contributed by atoms with Crippen LogP contribution in [0.15, 0.2) is 18.5 Å². The van der Waals surface area contributed by atoms with Crippen LogP contribution < -0.4 is 5.32 Å². The maximum Gasteiger partial charge on any atom is 0.256 e. The lowest BCUT2D eigenvalue weighted by Crippen LogP contribution is -2.35. The van der Waals surface area contributed by atoms with E-state index >= 15 is 0 Å². The number of rotatable bonds is 6. The Morgan fingerprint density at radius 1 is 1.58 bits per heavy atom. The number of amides is 1. The molecule has 0 unspecified atom stereocenters. The molecule has 0 aromatic carbocycles. The zero-order chi connectivity index (χ0) is 14.3. The van der Waals surface area contributed by atoms with E-state index in [1.807, 2.05) is 0 Å². The lowest BCUT2D eigenvalue weighted by molar-refractivity contribution is 0.0741. The Balaban J connectivity index is 2.94. The standard InChI is InChI=1S/C14H20N4O/c1-11(2)10-18(8-4-6-15)14(19)12-5-7-17-9-13(12)16-3/h5,7,9,11,16H,4,8,10H2,1-3H3. The Bertz CT molecular complexity index is 465. The smallest absolute Gasteiger partial charge is 0.256 e. The van der Waals surface area contributed by atoms with Gasteiger partial charge in [-0.1, -0.05) is 13.8 Å². The fourth-order valence-corrected chi connectivity index (χ4v) is 1.85. The molecule has 0 fully saturated rings. The first-order valence-electron chi connectivity index (χ1n) is 6.38. The number of hydrogen-bond acceptors (Lipinski definition) is 4. The van der Waals surface area contributed by atoms with Gasteiger partial charge in [0.25, 0.3) is 5.91 Å². The molecule has 5 nitrogen and oxygen atoms in total. The lowest BCUT2D eigenvalue weighted by atomic mass is 10.1. The molecule has 1 aromatic heterocycles. The summed E-state index contributed by atoms with van der Waals surface area (Å²) in [5, 5.41) is 11.7. The van der Waals surface area contributed by atoms with Crippen LogP contribution in [0, 0.1) is 17.2 Å². The highest BCUT2D eigenvalue weighted by Crippen LogP contribution is 2.16. The molecule has 1 N–H and O–H groups in total. The third kappa shape index (κ3) is 4.25. The second-order valence-corrected chi connectivity index (χ2v) is 4.72. The summed E-state index contributed by atoms with van der Waals surface area (Å²) >= 11 is 0. The van der Waals surface area contributed by atoms with E-state index in [1.165, 1.54) is 0 Å². The van der Waals surface area contributed by atoms with Crippen molar-refractivity contribution < 1.29 is 4.79 Å². The number of carbonyl (C=O) groups excluding carboxylic acids is 1. The van der Waals surface area contributed by atoms with Crippen molar-refractivity contribution in [2.75, 3.05) is 25.5 Å². The normalized spacial score (nSPS) is 10.1. The molecule has 0 radical (unpaired) electrons. The van der Waals surface area contributed by atoms with Gasteiger partial charge in [0.2, 0.25) is 0 Å². The number of anilines is 1. The van der Waals surface area contributed by atoms with Gasteiger partial charge in [-0.3, -0.25) is 9.78 Å². The van der Waals surface area contributed by atoms with Crippen LogP contribution in [-0.2, 0) is 0 Å². The van der Waals surface area contributed by atoms with Gasteiger partial charge in [0.15, 0.2) is 0 Å². The number of pyridine rings is 1. The van der Waals surface area contributed by atoms with Crippen molar-refractivity contribution in [3.05, 3.63) is 24.0 Å². The highest BCUT2D eigenvalue weighted by Gasteiger charge is 2.19. The van der Waals surface area contributed by atoms with Crippen molar-refractivity contribution in [1.29, 1.82) is 5.26 Å². The number of carbonyl (C=O) groups is 1. The van der Waals surface area contributed by atoms with E-state index in [2.05, 4.69) is 30.2 Å². The molecule has 19 heavy (non-hydrogen) atoms. The highest BCUT2D eigenvalue weighted by molar-refractivity contribution is 5.99. The molecule has 0 aliphatic carbocycles. The minimum atomic E-state index is -0.0595. The number of hydrogen-bond donors (Lipinski definition) is 1. The number of nitriles is 1. The van der Waals surface area contributed by atoms with Crippen LogP contribution in [0.25, 0.3) is 0 Å². The Morgan fingerprint density at radius 3 is 2.89 bits per heavy atom. The first-order valence-corrected chi connectivity index (χ1v) is 6.38.